The maximum atomic E-state index is 8.78. The zero-order valence-corrected chi connectivity index (χ0v) is 8.32. The molecule has 0 saturated heterocycles. The maximum absolute atomic E-state index is 8.78. The number of nitrogens with zero attached hydrogens (tertiary/aromatic N) is 2. The standard InChI is InChI=1S/C10H13N3O/c1-3-13(14-2)9-6-4-5-8(7-11)10(9)12/h4-6H,3,12H2,1-2H3. The van der Waals surface area contributed by atoms with Crippen LogP contribution in [-0.2, 0) is 4.84 Å². The van der Waals surface area contributed by atoms with E-state index in [1.807, 2.05) is 19.1 Å². The molecule has 0 unspecified atom stereocenters. The highest BCUT2D eigenvalue weighted by molar-refractivity contribution is 5.72. The van der Waals surface area contributed by atoms with Crippen molar-refractivity contribution in [3.8, 4) is 6.07 Å². The molecule has 1 aromatic rings. The lowest BCUT2D eigenvalue weighted by atomic mass is 10.1. The smallest absolute Gasteiger partial charge is 0.101 e. The second-order valence-electron chi connectivity index (χ2n) is 2.73. The molecule has 0 atom stereocenters. The number of anilines is 2. The third-order valence-electron chi connectivity index (χ3n) is 1.98. The first kappa shape index (κ1) is 10.4. The molecule has 74 valence electrons. The Balaban J connectivity index is 3.15. The molecule has 0 radical (unpaired) electrons. The first-order valence-corrected chi connectivity index (χ1v) is 4.34. The molecule has 14 heavy (non-hydrogen) atoms. The molecule has 2 N–H and O–H groups in total. The van der Waals surface area contributed by atoms with Crippen LogP contribution in [0.5, 0.6) is 0 Å². The fraction of sp³-hybridized carbons (Fsp3) is 0.300. The molecule has 0 aliphatic rings. The zero-order chi connectivity index (χ0) is 10.6. The minimum Gasteiger partial charge on any atom is -0.396 e. The van der Waals surface area contributed by atoms with Crippen molar-refractivity contribution in [1.29, 1.82) is 5.26 Å². The highest BCUT2D eigenvalue weighted by Crippen LogP contribution is 2.25. The first-order valence-electron chi connectivity index (χ1n) is 4.34. The monoisotopic (exact) mass is 191 g/mol. The van der Waals surface area contributed by atoms with E-state index in [-0.39, 0.29) is 0 Å². The average Bonchev–Trinajstić information content (AvgIpc) is 2.22. The van der Waals surface area contributed by atoms with E-state index in [0.717, 1.165) is 5.69 Å². The summed E-state index contributed by atoms with van der Waals surface area (Å²) >= 11 is 0. The van der Waals surface area contributed by atoms with Gasteiger partial charge < -0.3 is 5.73 Å². The predicted octanol–water partition coefficient (Wildman–Crippen LogP) is 1.53. The lowest BCUT2D eigenvalue weighted by molar-refractivity contribution is 0.171. The predicted molar refractivity (Wildman–Crippen MR) is 55.6 cm³/mol. The molecular formula is C10H13N3O. The molecule has 1 aromatic carbocycles. The minimum absolute atomic E-state index is 0.457. The van der Waals surface area contributed by atoms with E-state index in [0.29, 0.717) is 17.8 Å². The van der Waals surface area contributed by atoms with E-state index < -0.39 is 0 Å². The van der Waals surface area contributed by atoms with Gasteiger partial charge in [0.15, 0.2) is 0 Å². The second-order valence-corrected chi connectivity index (χ2v) is 2.73. The van der Waals surface area contributed by atoms with Gasteiger partial charge in [0.25, 0.3) is 0 Å². The first-order chi connectivity index (χ1) is 6.74. The van der Waals surface area contributed by atoms with E-state index in [2.05, 4.69) is 0 Å². The summed E-state index contributed by atoms with van der Waals surface area (Å²) < 4.78 is 0. The molecule has 0 saturated carbocycles. The third kappa shape index (κ3) is 1.78. The van der Waals surface area contributed by atoms with Gasteiger partial charge in [0.1, 0.15) is 6.07 Å². The lowest BCUT2D eigenvalue weighted by Crippen LogP contribution is -2.22. The van der Waals surface area contributed by atoms with Gasteiger partial charge >= 0.3 is 0 Å². The van der Waals surface area contributed by atoms with Crippen molar-refractivity contribution in [2.24, 2.45) is 0 Å². The fourth-order valence-electron chi connectivity index (χ4n) is 1.27. The van der Waals surface area contributed by atoms with Gasteiger partial charge in [0.2, 0.25) is 0 Å². The van der Waals surface area contributed by atoms with Gasteiger partial charge in [-0.1, -0.05) is 6.07 Å². The summed E-state index contributed by atoms with van der Waals surface area (Å²) in [5.74, 6) is 0. The van der Waals surface area contributed by atoms with E-state index in [1.165, 1.54) is 0 Å². The van der Waals surface area contributed by atoms with Crippen molar-refractivity contribution in [3.63, 3.8) is 0 Å². The van der Waals surface area contributed by atoms with Gasteiger partial charge in [-0.05, 0) is 19.1 Å². The normalized spacial score (nSPS) is 9.50. The summed E-state index contributed by atoms with van der Waals surface area (Å²) in [6.07, 6.45) is 0. The number of hydrogen-bond donors (Lipinski definition) is 1. The van der Waals surface area contributed by atoms with Crippen LogP contribution in [0.4, 0.5) is 11.4 Å². The Kier molecular flexibility index (Phi) is 3.32. The third-order valence-corrected chi connectivity index (χ3v) is 1.98. The van der Waals surface area contributed by atoms with E-state index in [1.54, 1.807) is 24.3 Å². The maximum Gasteiger partial charge on any atom is 0.101 e. The number of nitriles is 1. The quantitative estimate of drug-likeness (QED) is 0.581. The Bertz CT molecular complexity index is 353. The summed E-state index contributed by atoms with van der Waals surface area (Å²) in [5, 5.41) is 10.4. The fourth-order valence-corrected chi connectivity index (χ4v) is 1.27. The van der Waals surface area contributed by atoms with Crippen LogP contribution in [0.1, 0.15) is 12.5 Å². The van der Waals surface area contributed by atoms with Crippen molar-refractivity contribution in [1.82, 2.24) is 0 Å². The summed E-state index contributed by atoms with van der Waals surface area (Å²) in [4.78, 5) is 5.11. The van der Waals surface area contributed by atoms with Crippen LogP contribution < -0.4 is 10.8 Å². The Hall–Kier alpha value is -1.73. The van der Waals surface area contributed by atoms with Crippen molar-refractivity contribution >= 4 is 11.4 Å². The van der Waals surface area contributed by atoms with Crippen molar-refractivity contribution in [2.45, 2.75) is 6.92 Å². The Morgan fingerprint density at radius 2 is 2.29 bits per heavy atom. The van der Waals surface area contributed by atoms with Crippen LogP contribution in [0, 0.1) is 11.3 Å². The molecule has 0 aromatic heterocycles. The van der Waals surface area contributed by atoms with Crippen LogP contribution in [0.25, 0.3) is 0 Å². The molecule has 0 amide bonds. The summed E-state index contributed by atoms with van der Waals surface area (Å²) in [5.41, 5.74) is 7.46. The molecule has 4 heteroatoms. The molecule has 0 aliphatic heterocycles. The average molecular weight is 191 g/mol. The highest BCUT2D eigenvalue weighted by atomic mass is 16.7. The molecule has 0 spiro atoms. The summed E-state index contributed by atoms with van der Waals surface area (Å²) in [7, 11) is 1.57. The van der Waals surface area contributed by atoms with Gasteiger partial charge in [0, 0.05) is 6.54 Å². The Labute approximate surface area is 83.5 Å². The zero-order valence-electron chi connectivity index (χ0n) is 8.32. The molecule has 0 aliphatic carbocycles. The molecule has 4 nitrogen and oxygen atoms in total. The van der Waals surface area contributed by atoms with Crippen LogP contribution >= 0.6 is 0 Å². The number of hydrogen-bond acceptors (Lipinski definition) is 4. The topological polar surface area (TPSA) is 62.3 Å². The summed E-state index contributed by atoms with van der Waals surface area (Å²) in [6, 6.07) is 7.32. The molecular weight excluding hydrogens is 178 g/mol. The molecule has 0 bridgehead atoms. The van der Waals surface area contributed by atoms with Gasteiger partial charge in [-0.15, -0.1) is 0 Å². The highest BCUT2D eigenvalue weighted by Gasteiger charge is 2.09. The van der Waals surface area contributed by atoms with E-state index in [9.17, 15) is 0 Å². The molecule has 0 heterocycles. The second kappa shape index (κ2) is 4.49. The number of para-hydroxylation sites is 1. The summed E-state index contributed by atoms with van der Waals surface area (Å²) in [6.45, 7) is 2.62. The van der Waals surface area contributed by atoms with Gasteiger partial charge in [-0.25, -0.2) is 0 Å². The number of benzene rings is 1. The minimum atomic E-state index is 0.457. The van der Waals surface area contributed by atoms with Crippen molar-refractivity contribution in [3.05, 3.63) is 23.8 Å². The van der Waals surface area contributed by atoms with Gasteiger partial charge in [-0.3, -0.25) is 9.90 Å². The number of nitrogen functional groups attached to an aromatic ring is 1. The number of rotatable bonds is 3. The molecule has 0 fully saturated rings. The van der Waals surface area contributed by atoms with Crippen LogP contribution in [0.3, 0.4) is 0 Å². The van der Waals surface area contributed by atoms with Crippen molar-refractivity contribution in [2.75, 3.05) is 24.5 Å². The Morgan fingerprint density at radius 1 is 1.57 bits per heavy atom. The SMILES string of the molecule is CCN(OC)c1cccc(C#N)c1N. The number of hydroxylamine groups is 1. The van der Waals surface area contributed by atoms with Gasteiger partial charge in [-0.2, -0.15) is 5.26 Å². The molecule has 1 rings (SSSR count). The lowest BCUT2D eigenvalue weighted by Gasteiger charge is -2.21. The van der Waals surface area contributed by atoms with Crippen molar-refractivity contribution < 1.29 is 4.84 Å². The van der Waals surface area contributed by atoms with Crippen LogP contribution in [-0.4, -0.2) is 13.7 Å². The van der Waals surface area contributed by atoms with Crippen LogP contribution in [0.2, 0.25) is 0 Å². The van der Waals surface area contributed by atoms with E-state index in [4.69, 9.17) is 15.8 Å². The largest absolute Gasteiger partial charge is 0.396 e. The number of nitrogens with two attached hydrogens (primary N) is 1. The van der Waals surface area contributed by atoms with Crippen LogP contribution in [0.15, 0.2) is 18.2 Å². The Morgan fingerprint density at radius 3 is 2.79 bits per heavy atom. The van der Waals surface area contributed by atoms with E-state index >= 15 is 0 Å². The van der Waals surface area contributed by atoms with Gasteiger partial charge in [0.05, 0.1) is 24.0 Å².